The molecule has 2 heterocycles. The first-order chi connectivity index (χ1) is 9.15. The van der Waals surface area contributed by atoms with Crippen molar-refractivity contribution in [2.75, 3.05) is 18.0 Å². The number of carbonyl (C=O) groups is 1. The Labute approximate surface area is 117 Å². The summed E-state index contributed by atoms with van der Waals surface area (Å²) in [4.78, 5) is 18.2. The third-order valence-electron chi connectivity index (χ3n) is 4.54. The van der Waals surface area contributed by atoms with E-state index in [0.717, 1.165) is 30.1 Å². The van der Waals surface area contributed by atoms with E-state index in [1.807, 2.05) is 0 Å². The van der Waals surface area contributed by atoms with Crippen molar-refractivity contribution in [1.29, 1.82) is 0 Å². The minimum absolute atomic E-state index is 0.390. The summed E-state index contributed by atoms with van der Waals surface area (Å²) in [6.07, 6.45) is 6.70. The molecule has 1 aliphatic carbocycles. The van der Waals surface area contributed by atoms with Crippen LogP contribution in [0.5, 0.6) is 0 Å². The van der Waals surface area contributed by atoms with Crippen LogP contribution in [-0.4, -0.2) is 29.1 Å². The van der Waals surface area contributed by atoms with Gasteiger partial charge in [0.25, 0.3) is 0 Å². The molecule has 2 atom stereocenters. The molecule has 4 nitrogen and oxygen atoms in total. The Morgan fingerprint density at radius 1 is 1.32 bits per heavy atom. The van der Waals surface area contributed by atoms with Gasteiger partial charge in [-0.3, -0.25) is 0 Å². The molecule has 3 rings (SSSR count). The van der Waals surface area contributed by atoms with Crippen molar-refractivity contribution in [2.24, 2.45) is 11.8 Å². The number of hydrogen-bond acceptors (Lipinski definition) is 4. The molecule has 0 radical (unpaired) electrons. The van der Waals surface area contributed by atoms with Gasteiger partial charge in [0.1, 0.15) is 4.88 Å². The van der Waals surface area contributed by atoms with E-state index in [4.69, 9.17) is 5.11 Å². The number of carboxylic acids is 1. The van der Waals surface area contributed by atoms with Gasteiger partial charge in [-0.15, -0.1) is 0 Å². The van der Waals surface area contributed by atoms with E-state index < -0.39 is 5.97 Å². The molecule has 0 amide bonds. The van der Waals surface area contributed by atoms with Crippen LogP contribution < -0.4 is 4.90 Å². The molecule has 5 heteroatoms. The van der Waals surface area contributed by atoms with Gasteiger partial charge in [0.15, 0.2) is 5.13 Å². The highest BCUT2D eigenvalue weighted by Gasteiger charge is 2.32. The van der Waals surface area contributed by atoms with Crippen LogP contribution in [0.4, 0.5) is 5.13 Å². The average Bonchev–Trinajstić information content (AvgIpc) is 2.80. The Morgan fingerprint density at radius 2 is 2.05 bits per heavy atom. The van der Waals surface area contributed by atoms with Gasteiger partial charge >= 0.3 is 5.97 Å². The van der Waals surface area contributed by atoms with Crippen LogP contribution >= 0.6 is 11.3 Å². The van der Waals surface area contributed by atoms with E-state index in [1.165, 1.54) is 43.4 Å². The van der Waals surface area contributed by atoms with E-state index >= 15 is 0 Å². The second-order valence-electron chi connectivity index (χ2n) is 5.76. The molecule has 1 aliphatic heterocycles. The number of carboxylic acid groups (broad SMARTS) is 1. The van der Waals surface area contributed by atoms with Gasteiger partial charge in [-0.25, -0.2) is 9.78 Å². The van der Waals surface area contributed by atoms with Crippen molar-refractivity contribution >= 4 is 22.4 Å². The van der Waals surface area contributed by atoms with Crippen LogP contribution in [0, 0.1) is 18.8 Å². The molecule has 0 spiro atoms. The zero-order valence-electron chi connectivity index (χ0n) is 11.3. The fraction of sp³-hybridized carbons (Fsp3) is 0.714. The maximum atomic E-state index is 11.1. The number of aromatic carboxylic acids is 1. The number of nitrogens with zero attached hydrogens (tertiary/aromatic N) is 2. The van der Waals surface area contributed by atoms with Gasteiger partial charge in [-0.1, -0.05) is 30.6 Å². The number of aromatic nitrogens is 1. The first-order valence-corrected chi connectivity index (χ1v) is 7.92. The maximum Gasteiger partial charge on any atom is 0.347 e. The summed E-state index contributed by atoms with van der Waals surface area (Å²) < 4.78 is 0. The number of piperidine rings is 1. The molecule has 2 unspecified atom stereocenters. The van der Waals surface area contributed by atoms with Crippen molar-refractivity contribution in [2.45, 2.75) is 39.0 Å². The van der Waals surface area contributed by atoms with Crippen molar-refractivity contribution < 1.29 is 9.90 Å². The third-order valence-corrected chi connectivity index (χ3v) is 5.75. The first-order valence-electron chi connectivity index (χ1n) is 7.11. The second kappa shape index (κ2) is 5.12. The molecule has 1 saturated carbocycles. The molecule has 1 saturated heterocycles. The lowest BCUT2D eigenvalue weighted by molar-refractivity contribution is 0.0701. The number of aryl methyl sites for hydroxylation is 1. The quantitative estimate of drug-likeness (QED) is 0.904. The number of hydrogen-bond donors (Lipinski definition) is 1. The van der Waals surface area contributed by atoms with Crippen molar-refractivity contribution in [3.05, 3.63) is 10.6 Å². The second-order valence-corrected chi connectivity index (χ2v) is 6.73. The SMILES string of the molecule is Cc1nc(N2CCC3CCCCC3C2)sc1C(=O)O. The van der Waals surface area contributed by atoms with Crippen molar-refractivity contribution in [3.63, 3.8) is 0 Å². The molecule has 104 valence electrons. The zero-order valence-corrected chi connectivity index (χ0v) is 12.1. The minimum Gasteiger partial charge on any atom is -0.477 e. The smallest absolute Gasteiger partial charge is 0.347 e. The minimum atomic E-state index is -0.853. The number of rotatable bonds is 2. The lowest BCUT2D eigenvalue weighted by atomic mass is 9.75. The highest BCUT2D eigenvalue weighted by atomic mass is 32.1. The van der Waals surface area contributed by atoms with E-state index in [9.17, 15) is 4.79 Å². The highest BCUT2D eigenvalue weighted by molar-refractivity contribution is 7.17. The molecule has 2 aliphatic rings. The van der Waals surface area contributed by atoms with Crippen molar-refractivity contribution in [3.8, 4) is 0 Å². The van der Waals surface area contributed by atoms with Crippen LogP contribution in [0.1, 0.15) is 47.5 Å². The Hall–Kier alpha value is -1.10. The van der Waals surface area contributed by atoms with Crippen molar-refractivity contribution in [1.82, 2.24) is 4.98 Å². The Bertz CT molecular complexity index is 486. The molecular formula is C14H20N2O2S. The first kappa shape index (κ1) is 12.9. The predicted octanol–water partition coefficient (Wildman–Crippen LogP) is 3.17. The summed E-state index contributed by atoms with van der Waals surface area (Å²) in [7, 11) is 0. The summed E-state index contributed by atoms with van der Waals surface area (Å²) in [5.74, 6) is 0.832. The van der Waals surface area contributed by atoms with Gasteiger partial charge in [-0.05, 0) is 31.6 Å². The molecular weight excluding hydrogens is 260 g/mol. The number of anilines is 1. The monoisotopic (exact) mass is 280 g/mol. The normalized spacial score (nSPS) is 27.1. The van der Waals surface area contributed by atoms with E-state index in [0.29, 0.717) is 10.6 Å². The van der Waals surface area contributed by atoms with Crippen LogP contribution in [0.25, 0.3) is 0 Å². The molecule has 1 aromatic heterocycles. The predicted molar refractivity (Wildman–Crippen MR) is 76.1 cm³/mol. The summed E-state index contributed by atoms with van der Waals surface area (Å²) in [6, 6.07) is 0. The zero-order chi connectivity index (χ0) is 13.4. The summed E-state index contributed by atoms with van der Waals surface area (Å²) in [5, 5.41) is 10.0. The standard InChI is InChI=1S/C14H20N2O2S/c1-9-12(13(17)18)19-14(15-9)16-7-6-10-4-2-3-5-11(10)8-16/h10-11H,2-8H2,1H3,(H,17,18). The topological polar surface area (TPSA) is 53.4 Å². The lowest BCUT2D eigenvalue weighted by Gasteiger charge is -2.41. The van der Waals surface area contributed by atoms with Gasteiger partial charge in [0.2, 0.25) is 0 Å². The molecule has 0 bridgehead atoms. The summed E-state index contributed by atoms with van der Waals surface area (Å²) in [6.45, 7) is 3.89. The lowest BCUT2D eigenvalue weighted by Crippen LogP contribution is -2.41. The van der Waals surface area contributed by atoms with E-state index in [1.54, 1.807) is 6.92 Å². The molecule has 19 heavy (non-hydrogen) atoms. The fourth-order valence-electron chi connectivity index (χ4n) is 3.49. The fourth-order valence-corrected chi connectivity index (χ4v) is 4.43. The Kier molecular flexibility index (Phi) is 3.48. The Balaban J connectivity index is 1.76. The molecule has 0 aromatic carbocycles. The third kappa shape index (κ3) is 2.48. The van der Waals surface area contributed by atoms with Crippen LogP contribution in [-0.2, 0) is 0 Å². The maximum absolute atomic E-state index is 11.1. The molecule has 1 N–H and O–H groups in total. The Morgan fingerprint density at radius 3 is 2.74 bits per heavy atom. The van der Waals surface area contributed by atoms with Gasteiger partial charge in [-0.2, -0.15) is 0 Å². The number of thiazole rings is 1. The van der Waals surface area contributed by atoms with Crippen LogP contribution in [0.3, 0.4) is 0 Å². The van der Waals surface area contributed by atoms with Crippen LogP contribution in [0.2, 0.25) is 0 Å². The van der Waals surface area contributed by atoms with E-state index in [-0.39, 0.29) is 0 Å². The van der Waals surface area contributed by atoms with Gasteiger partial charge < -0.3 is 10.0 Å². The molecule has 1 aromatic rings. The summed E-state index contributed by atoms with van der Waals surface area (Å²) >= 11 is 1.33. The van der Waals surface area contributed by atoms with Crippen LogP contribution in [0.15, 0.2) is 0 Å². The largest absolute Gasteiger partial charge is 0.477 e. The highest BCUT2D eigenvalue weighted by Crippen LogP contribution is 2.38. The van der Waals surface area contributed by atoms with Gasteiger partial charge in [0.05, 0.1) is 5.69 Å². The van der Waals surface area contributed by atoms with Gasteiger partial charge in [0, 0.05) is 13.1 Å². The molecule has 2 fully saturated rings. The summed E-state index contributed by atoms with van der Waals surface area (Å²) in [5.41, 5.74) is 0.651. The van der Waals surface area contributed by atoms with E-state index in [2.05, 4.69) is 9.88 Å². The number of fused-ring (bicyclic) bond motifs is 1. The average molecular weight is 280 g/mol.